The van der Waals surface area contributed by atoms with E-state index in [0.717, 1.165) is 25.8 Å². The molecule has 1 rings (SSSR count). The van der Waals surface area contributed by atoms with E-state index in [2.05, 4.69) is 12.2 Å². The minimum Gasteiger partial charge on any atom is -0.356 e. The van der Waals surface area contributed by atoms with Gasteiger partial charge < -0.3 is 11.1 Å². The van der Waals surface area contributed by atoms with E-state index < -0.39 is 0 Å². The summed E-state index contributed by atoms with van der Waals surface area (Å²) < 4.78 is 0. The van der Waals surface area contributed by atoms with E-state index in [1.165, 1.54) is 12.8 Å². The summed E-state index contributed by atoms with van der Waals surface area (Å²) in [5, 5.41) is 2.97. The highest BCUT2D eigenvalue weighted by molar-refractivity contribution is 5.79. The normalized spacial score (nSPS) is 27.3. The molecule has 0 aromatic heterocycles. The number of carbonyl (C=O) groups is 1. The van der Waals surface area contributed by atoms with Crippen LogP contribution in [0.1, 0.15) is 39.0 Å². The van der Waals surface area contributed by atoms with Gasteiger partial charge in [-0.15, -0.1) is 0 Å². The largest absolute Gasteiger partial charge is 0.356 e. The lowest BCUT2D eigenvalue weighted by atomic mass is 9.79. The molecule has 0 aromatic carbocycles. The summed E-state index contributed by atoms with van der Waals surface area (Å²) >= 11 is 0. The molecular formula is C11H22N2O. The zero-order chi connectivity index (χ0) is 10.4. The van der Waals surface area contributed by atoms with Crippen LogP contribution in [-0.4, -0.2) is 19.0 Å². The van der Waals surface area contributed by atoms with Crippen molar-refractivity contribution >= 4 is 5.91 Å². The van der Waals surface area contributed by atoms with E-state index in [9.17, 15) is 4.79 Å². The molecule has 0 heterocycles. The minimum atomic E-state index is 0.181. The summed E-state index contributed by atoms with van der Waals surface area (Å²) in [5.74, 6) is 0.822. The van der Waals surface area contributed by atoms with Crippen molar-refractivity contribution in [2.75, 3.05) is 13.1 Å². The van der Waals surface area contributed by atoms with Crippen molar-refractivity contribution < 1.29 is 4.79 Å². The highest BCUT2D eigenvalue weighted by Crippen LogP contribution is 2.29. The van der Waals surface area contributed by atoms with Crippen LogP contribution in [0.25, 0.3) is 0 Å². The van der Waals surface area contributed by atoms with E-state index in [-0.39, 0.29) is 11.8 Å². The van der Waals surface area contributed by atoms with E-state index in [4.69, 9.17) is 5.73 Å². The molecule has 0 spiro atoms. The summed E-state index contributed by atoms with van der Waals surface area (Å²) in [6, 6.07) is 0. The van der Waals surface area contributed by atoms with Crippen LogP contribution in [0.2, 0.25) is 0 Å². The van der Waals surface area contributed by atoms with Gasteiger partial charge in [0, 0.05) is 12.5 Å². The number of nitrogens with one attached hydrogen (secondary N) is 1. The number of nitrogens with two attached hydrogens (primary N) is 1. The third kappa shape index (κ3) is 2.98. The summed E-state index contributed by atoms with van der Waals surface area (Å²) in [6.45, 7) is 3.53. The van der Waals surface area contributed by atoms with Crippen LogP contribution in [0.15, 0.2) is 0 Å². The summed E-state index contributed by atoms with van der Waals surface area (Å²) in [7, 11) is 0. The highest BCUT2D eigenvalue weighted by atomic mass is 16.1. The van der Waals surface area contributed by atoms with Gasteiger partial charge in [0.15, 0.2) is 0 Å². The predicted molar refractivity (Wildman–Crippen MR) is 57.8 cm³/mol. The summed E-state index contributed by atoms with van der Waals surface area (Å²) in [5.41, 5.74) is 5.68. The van der Waals surface area contributed by atoms with Crippen LogP contribution in [0.3, 0.4) is 0 Å². The molecule has 1 aliphatic carbocycles. The van der Waals surface area contributed by atoms with Gasteiger partial charge in [0.05, 0.1) is 0 Å². The molecule has 0 aromatic rings. The van der Waals surface area contributed by atoms with Gasteiger partial charge in [-0.2, -0.15) is 0 Å². The van der Waals surface area contributed by atoms with E-state index in [0.29, 0.717) is 12.5 Å². The maximum absolute atomic E-state index is 11.8. The Kier molecular flexibility index (Phi) is 4.94. The van der Waals surface area contributed by atoms with Crippen molar-refractivity contribution in [3.05, 3.63) is 0 Å². The molecule has 3 N–H and O–H groups in total. The maximum Gasteiger partial charge on any atom is 0.223 e. The Labute approximate surface area is 86.4 Å². The first-order valence-electron chi connectivity index (χ1n) is 5.77. The lowest BCUT2D eigenvalue weighted by Crippen LogP contribution is -2.39. The number of carbonyl (C=O) groups excluding carboxylic acids is 1. The first-order valence-corrected chi connectivity index (χ1v) is 5.77. The van der Waals surface area contributed by atoms with Crippen molar-refractivity contribution in [1.82, 2.24) is 5.32 Å². The molecule has 3 heteroatoms. The molecule has 0 radical (unpaired) electrons. The Balaban J connectivity index is 2.41. The van der Waals surface area contributed by atoms with Crippen LogP contribution in [-0.2, 0) is 4.79 Å². The molecule has 82 valence electrons. The minimum absolute atomic E-state index is 0.181. The fraction of sp³-hybridized carbons (Fsp3) is 0.909. The van der Waals surface area contributed by atoms with Gasteiger partial charge >= 0.3 is 0 Å². The first kappa shape index (κ1) is 11.5. The molecule has 1 aliphatic rings. The van der Waals surface area contributed by atoms with Gasteiger partial charge in [-0.25, -0.2) is 0 Å². The van der Waals surface area contributed by atoms with Crippen LogP contribution in [0.4, 0.5) is 0 Å². The lowest BCUT2D eigenvalue weighted by molar-refractivity contribution is -0.127. The van der Waals surface area contributed by atoms with Gasteiger partial charge in [-0.05, 0) is 31.7 Å². The average molecular weight is 198 g/mol. The fourth-order valence-corrected chi connectivity index (χ4v) is 2.21. The second kappa shape index (κ2) is 6.02. The smallest absolute Gasteiger partial charge is 0.223 e. The third-order valence-corrected chi connectivity index (χ3v) is 3.10. The molecule has 0 saturated heterocycles. The fourth-order valence-electron chi connectivity index (χ4n) is 2.21. The second-order valence-corrected chi connectivity index (χ2v) is 4.18. The number of hydrogen-bond acceptors (Lipinski definition) is 2. The predicted octanol–water partition coefficient (Wildman–Crippen LogP) is 1.28. The topological polar surface area (TPSA) is 55.1 Å². The van der Waals surface area contributed by atoms with E-state index in [1.807, 2.05) is 0 Å². The second-order valence-electron chi connectivity index (χ2n) is 4.18. The van der Waals surface area contributed by atoms with Crippen LogP contribution >= 0.6 is 0 Å². The van der Waals surface area contributed by atoms with Crippen molar-refractivity contribution in [1.29, 1.82) is 0 Å². The van der Waals surface area contributed by atoms with E-state index in [1.54, 1.807) is 0 Å². The zero-order valence-corrected chi connectivity index (χ0v) is 9.09. The first-order chi connectivity index (χ1) is 6.79. The molecule has 0 aliphatic heterocycles. The van der Waals surface area contributed by atoms with Crippen LogP contribution < -0.4 is 11.1 Å². The van der Waals surface area contributed by atoms with Crippen LogP contribution in [0, 0.1) is 11.8 Å². The quantitative estimate of drug-likeness (QED) is 0.715. The van der Waals surface area contributed by atoms with E-state index >= 15 is 0 Å². The number of amides is 1. The molecule has 2 unspecified atom stereocenters. The molecule has 1 saturated carbocycles. The van der Waals surface area contributed by atoms with Crippen molar-refractivity contribution in [2.45, 2.75) is 39.0 Å². The van der Waals surface area contributed by atoms with Crippen LogP contribution in [0.5, 0.6) is 0 Å². The molecule has 1 fully saturated rings. The monoisotopic (exact) mass is 198 g/mol. The number of rotatable bonds is 4. The Hall–Kier alpha value is -0.570. The molecular weight excluding hydrogens is 176 g/mol. The maximum atomic E-state index is 11.8. The SMILES string of the molecule is CCCNC(=O)C1CCCCC1CN. The Morgan fingerprint density at radius 1 is 1.43 bits per heavy atom. The van der Waals surface area contributed by atoms with Gasteiger partial charge in [0.1, 0.15) is 0 Å². The molecule has 14 heavy (non-hydrogen) atoms. The summed E-state index contributed by atoms with van der Waals surface area (Å²) in [6.07, 6.45) is 5.57. The lowest BCUT2D eigenvalue weighted by Gasteiger charge is -2.29. The Morgan fingerprint density at radius 2 is 2.14 bits per heavy atom. The Bertz CT molecular complexity index is 182. The molecule has 2 atom stereocenters. The van der Waals surface area contributed by atoms with Gasteiger partial charge in [-0.3, -0.25) is 4.79 Å². The average Bonchev–Trinajstić information content (AvgIpc) is 2.25. The van der Waals surface area contributed by atoms with Crippen molar-refractivity contribution in [3.63, 3.8) is 0 Å². The highest BCUT2D eigenvalue weighted by Gasteiger charge is 2.29. The van der Waals surface area contributed by atoms with Gasteiger partial charge in [0.25, 0.3) is 0 Å². The standard InChI is InChI=1S/C11H22N2O/c1-2-7-13-11(14)10-6-4-3-5-9(10)8-12/h9-10H,2-8,12H2,1H3,(H,13,14). The summed E-state index contributed by atoms with van der Waals surface area (Å²) in [4.78, 5) is 11.8. The molecule has 1 amide bonds. The number of hydrogen-bond donors (Lipinski definition) is 2. The molecule has 0 bridgehead atoms. The van der Waals surface area contributed by atoms with Gasteiger partial charge in [-0.1, -0.05) is 19.8 Å². The zero-order valence-electron chi connectivity index (χ0n) is 9.09. The third-order valence-electron chi connectivity index (χ3n) is 3.10. The Morgan fingerprint density at radius 3 is 2.79 bits per heavy atom. The van der Waals surface area contributed by atoms with Gasteiger partial charge in [0.2, 0.25) is 5.91 Å². The van der Waals surface area contributed by atoms with Crippen molar-refractivity contribution in [3.8, 4) is 0 Å². The van der Waals surface area contributed by atoms with Crippen molar-refractivity contribution in [2.24, 2.45) is 17.6 Å². The molecule has 3 nitrogen and oxygen atoms in total.